The van der Waals surface area contributed by atoms with E-state index in [9.17, 15) is 4.79 Å². The molecule has 0 bridgehead atoms. The highest BCUT2D eigenvalue weighted by atomic mass is 16.1. The third kappa shape index (κ3) is 2.03. The Bertz CT molecular complexity index is 839. The van der Waals surface area contributed by atoms with Crippen molar-refractivity contribution in [2.24, 2.45) is 0 Å². The number of hydrogen-bond donors (Lipinski definition) is 1. The average Bonchev–Trinajstić information content (AvgIpc) is 2.47. The van der Waals surface area contributed by atoms with Crippen LogP contribution in [0.1, 0.15) is 11.1 Å². The molecule has 0 aliphatic rings. The van der Waals surface area contributed by atoms with Crippen LogP contribution < -0.4 is 11.3 Å². The number of aromatic nitrogens is 3. The van der Waals surface area contributed by atoms with Gasteiger partial charge in [0.1, 0.15) is 5.52 Å². The van der Waals surface area contributed by atoms with E-state index in [2.05, 4.69) is 10.3 Å². The van der Waals surface area contributed by atoms with E-state index in [-0.39, 0.29) is 5.56 Å². The van der Waals surface area contributed by atoms with Gasteiger partial charge in [-0.2, -0.15) is 0 Å². The summed E-state index contributed by atoms with van der Waals surface area (Å²) in [6.07, 6.45) is 0. The summed E-state index contributed by atoms with van der Waals surface area (Å²) >= 11 is 0. The van der Waals surface area contributed by atoms with Crippen molar-refractivity contribution in [2.75, 3.05) is 5.73 Å². The first-order chi connectivity index (χ1) is 9.66. The van der Waals surface area contributed by atoms with Crippen LogP contribution in [0, 0.1) is 6.92 Å². The minimum atomic E-state index is -0.141. The number of nitrogens with two attached hydrogens (primary N) is 1. The summed E-state index contributed by atoms with van der Waals surface area (Å²) in [5.74, 6) is 0. The van der Waals surface area contributed by atoms with Crippen LogP contribution in [0.4, 0.5) is 5.69 Å². The molecule has 1 heterocycles. The van der Waals surface area contributed by atoms with Crippen molar-refractivity contribution >= 4 is 16.6 Å². The van der Waals surface area contributed by atoms with E-state index in [0.717, 1.165) is 11.1 Å². The van der Waals surface area contributed by atoms with Gasteiger partial charge in [0.15, 0.2) is 0 Å². The monoisotopic (exact) mass is 266 g/mol. The molecule has 0 saturated carbocycles. The molecule has 0 fully saturated rings. The van der Waals surface area contributed by atoms with E-state index in [1.807, 2.05) is 37.3 Å². The van der Waals surface area contributed by atoms with Crippen LogP contribution in [0.15, 0.2) is 47.3 Å². The number of benzene rings is 2. The van der Waals surface area contributed by atoms with Gasteiger partial charge in [0.2, 0.25) is 0 Å². The lowest BCUT2D eigenvalue weighted by Crippen LogP contribution is -2.25. The van der Waals surface area contributed by atoms with Crippen LogP contribution in [0.25, 0.3) is 10.9 Å². The van der Waals surface area contributed by atoms with E-state index < -0.39 is 0 Å². The van der Waals surface area contributed by atoms with E-state index in [1.54, 1.807) is 12.1 Å². The first kappa shape index (κ1) is 12.3. The first-order valence-electron chi connectivity index (χ1n) is 6.33. The molecule has 5 nitrogen and oxygen atoms in total. The molecule has 3 rings (SSSR count). The summed E-state index contributed by atoms with van der Waals surface area (Å²) in [7, 11) is 0. The van der Waals surface area contributed by atoms with Crippen molar-refractivity contribution in [1.82, 2.24) is 15.0 Å². The van der Waals surface area contributed by atoms with Crippen LogP contribution in [0.2, 0.25) is 0 Å². The second-order valence-corrected chi connectivity index (χ2v) is 4.70. The zero-order valence-electron chi connectivity index (χ0n) is 11.1. The molecule has 0 aliphatic heterocycles. The van der Waals surface area contributed by atoms with Crippen LogP contribution >= 0.6 is 0 Å². The summed E-state index contributed by atoms with van der Waals surface area (Å²) in [6, 6.07) is 12.8. The van der Waals surface area contributed by atoms with E-state index in [4.69, 9.17) is 5.73 Å². The smallest absolute Gasteiger partial charge is 0.277 e. The highest BCUT2D eigenvalue weighted by Crippen LogP contribution is 2.16. The third-order valence-corrected chi connectivity index (χ3v) is 3.44. The van der Waals surface area contributed by atoms with Gasteiger partial charge in [-0.1, -0.05) is 29.5 Å². The molecule has 0 aliphatic carbocycles. The van der Waals surface area contributed by atoms with Crippen molar-refractivity contribution in [1.29, 1.82) is 0 Å². The molecular formula is C15H14N4O. The van der Waals surface area contributed by atoms with E-state index >= 15 is 0 Å². The molecule has 2 aromatic carbocycles. The average molecular weight is 266 g/mol. The summed E-state index contributed by atoms with van der Waals surface area (Å²) in [5, 5.41) is 8.63. The van der Waals surface area contributed by atoms with Gasteiger partial charge in [0.25, 0.3) is 5.56 Å². The molecule has 0 radical (unpaired) electrons. The summed E-state index contributed by atoms with van der Waals surface area (Å²) < 4.78 is 1.37. The zero-order chi connectivity index (χ0) is 14.1. The van der Waals surface area contributed by atoms with Gasteiger partial charge in [-0.05, 0) is 36.2 Å². The predicted octanol–water partition coefficient (Wildman–Crippen LogP) is 1.73. The molecule has 0 amide bonds. The standard InChI is InChI=1S/C15H14N4O/c1-10-11(5-4-7-13(10)16)9-19-15(20)12-6-2-3-8-14(12)17-18-19/h2-8H,9,16H2,1H3. The Hall–Kier alpha value is -2.69. The summed E-state index contributed by atoms with van der Waals surface area (Å²) in [4.78, 5) is 12.4. The van der Waals surface area contributed by atoms with Crippen LogP contribution in [-0.4, -0.2) is 15.0 Å². The van der Waals surface area contributed by atoms with Crippen molar-refractivity contribution in [3.63, 3.8) is 0 Å². The maximum atomic E-state index is 12.4. The Balaban J connectivity index is 2.10. The number of nitrogen functional groups attached to an aromatic ring is 1. The molecule has 0 saturated heterocycles. The van der Waals surface area contributed by atoms with Gasteiger partial charge >= 0.3 is 0 Å². The van der Waals surface area contributed by atoms with Gasteiger partial charge in [-0.15, -0.1) is 5.10 Å². The van der Waals surface area contributed by atoms with Crippen molar-refractivity contribution in [3.05, 3.63) is 63.9 Å². The Kier molecular flexibility index (Phi) is 2.95. The molecule has 3 aromatic rings. The molecule has 0 spiro atoms. The molecule has 0 atom stereocenters. The molecule has 5 heteroatoms. The fraction of sp³-hybridized carbons (Fsp3) is 0.133. The van der Waals surface area contributed by atoms with Gasteiger partial charge in [-0.25, -0.2) is 4.68 Å². The minimum Gasteiger partial charge on any atom is -0.399 e. The van der Waals surface area contributed by atoms with E-state index in [0.29, 0.717) is 23.1 Å². The Morgan fingerprint density at radius 2 is 1.95 bits per heavy atom. The number of anilines is 1. The lowest BCUT2D eigenvalue weighted by Gasteiger charge is -2.09. The molecule has 0 unspecified atom stereocenters. The molecule has 20 heavy (non-hydrogen) atoms. The topological polar surface area (TPSA) is 73.8 Å². The summed E-state index contributed by atoms with van der Waals surface area (Å²) in [5.41, 5.74) is 9.00. The highest BCUT2D eigenvalue weighted by molar-refractivity contribution is 5.76. The normalized spacial score (nSPS) is 10.8. The quantitative estimate of drug-likeness (QED) is 0.717. The minimum absolute atomic E-state index is 0.141. The Labute approximate surface area is 115 Å². The van der Waals surface area contributed by atoms with Gasteiger partial charge < -0.3 is 5.73 Å². The fourth-order valence-electron chi connectivity index (χ4n) is 2.16. The number of rotatable bonds is 2. The van der Waals surface area contributed by atoms with Crippen molar-refractivity contribution in [3.8, 4) is 0 Å². The second-order valence-electron chi connectivity index (χ2n) is 4.70. The number of nitrogens with zero attached hydrogens (tertiary/aromatic N) is 3. The molecule has 1 aromatic heterocycles. The van der Waals surface area contributed by atoms with Crippen molar-refractivity contribution in [2.45, 2.75) is 13.5 Å². The van der Waals surface area contributed by atoms with Gasteiger partial charge in [0.05, 0.1) is 11.9 Å². The van der Waals surface area contributed by atoms with Crippen LogP contribution in [0.3, 0.4) is 0 Å². The summed E-state index contributed by atoms with van der Waals surface area (Å²) in [6.45, 7) is 2.30. The predicted molar refractivity (Wildman–Crippen MR) is 78.5 cm³/mol. The molecule has 100 valence electrons. The lowest BCUT2D eigenvalue weighted by molar-refractivity contribution is 0.599. The first-order valence-corrected chi connectivity index (χ1v) is 6.33. The van der Waals surface area contributed by atoms with Gasteiger partial charge in [0, 0.05) is 5.69 Å². The van der Waals surface area contributed by atoms with Crippen molar-refractivity contribution < 1.29 is 0 Å². The molecular weight excluding hydrogens is 252 g/mol. The zero-order valence-corrected chi connectivity index (χ0v) is 11.1. The largest absolute Gasteiger partial charge is 0.399 e. The fourth-order valence-corrected chi connectivity index (χ4v) is 2.16. The highest BCUT2D eigenvalue weighted by Gasteiger charge is 2.07. The number of hydrogen-bond acceptors (Lipinski definition) is 4. The second kappa shape index (κ2) is 4.77. The van der Waals surface area contributed by atoms with Crippen LogP contribution in [0.5, 0.6) is 0 Å². The SMILES string of the molecule is Cc1c(N)cccc1Cn1nnc2ccccc2c1=O. The number of fused-ring (bicyclic) bond motifs is 1. The Morgan fingerprint density at radius 1 is 1.15 bits per heavy atom. The third-order valence-electron chi connectivity index (χ3n) is 3.44. The maximum Gasteiger partial charge on any atom is 0.277 e. The Morgan fingerprint density at radius 3 is 2.80 bits per heavy atom. The maximum absolute atomic E-state index is 12.4. The molecule has 2 N–H and O–H groups in total. The van der Waals surface area contributed by atoms with Crippen LogP contribution in [-0.2, 0) is 6.54 Å². The van der Waals surface area contributed by atoms with E-state index in [1.165, 1.54) is 4.68 Å². The lowest BCUT2D eigenvalue weighted by atomic mass is 10.1. The van der Waals surface area contributed by atoms with Gasteiger partial charge in [-0.3, -0.25) is 4.79 Å².